The second-order valence-electron chi connectivity index (χ2n) is 5.16. The zero-order chi connectivity index (χ0) is 17.1. The standard InChI is InChI=1S/C17H14ClN3O3/c1-10(16(22)19-12-6-4-5-11(18)9-12)24-17(23)15-13-7-2-3-8-14(13)20-21-15/h2-10H,1H3,(H,19,22)(H,20,21)/t10-/m1/s1. The number of amides is 1. The van der Waals surface area contributed by atoms with Crippen molar-refractivity contribution in [3.05, 3.63) is 59.2 Å². The molecule has 6 nitrogen and oxygen atoms in total. The molecule has 3 rings (SSSR count). The first-order valence-corrected chi connectivity index (χ1v) is 7.63. The molecule has 0 unspecified atom stereocenters. The van der Waals surface area contributed by atoms with Gasteiger partial charge >= 0.3 is 5.97 Å². The second kappa shape index (κ2) is 6.72. The number of rotatable bonds is 4. The normalized spacial score (nSPS) is 11.9. The van der Waals surface area contributed by atoms with Crippen molar-refractivity contribution in [1.29, 1.82) is 0 Å². The van der Waals surface area contributed by atoms with Crippen molar-refractivity contribution in [2.24, 2.45) is 0 Å². The highest BCUT2D eigenvalue weighted by molar-refractivity contribution is 6.30. The minimum absolute atomic E-state index is 0.146. The number of halogens is 1. The number of H-pyrrole nitrogens is 1. The van der Waals surface area contributed by atoms with Crippen molar-refractivity contribution in [3.63, 3.8) is 0 Å². The highest BCUT2D eigenvalue weighted by Crippen LogP contribution is 2.18. The van der Waals surface area contributed by atoms with E-state index in [4.69, 9.17) is 16.3 Å². The minimum atomic E-state index is -0.980. The van der Waals surface area contributed by atoms with Crippen molar-refractivity contribution >= 4 is 40.1 Å². The summed E-state index contributed by atoms with van der Waals surface area (Å²) in [7, 11) is 0. The molecule has 0 saturated carbocycles. The lowest BCUT2D eigenvalue weighted by Gasteiger charge is -2.13. The van der Waals surface area contributed by atoms with Crippen LogP contribution in [-0.2, 0) is 9.53 Å². The van der Waals surface area contributed by atoms with Gasteiger partial charge in [-0.15, -0.1) is 0 Å². The van der Waals surface area contributed by atoms with Crippen molar-refractivity contribution < 1.29 is 14.3 Å². The van der Waals surface area contributed by atoms with Crippen molar-refractivity contribution in [2.75, 3.05) is 5.32 Å². The van der Waals surface area contributed by atoms with Crippen LogP contribution < -0.4 is 5.32 Å². The van der Waals surface area contributed by atoms with Gasteiger partial charge in [-0.25, -0.2) is 4.79 Å². The first-order chi connectivity index (χ1) is 11.5. The van der Waals surface area contributed by atoms with Gasteiger partial charge in [0.1, 0.15) is 0 Å². The highest BCUT2D eigenvalue weighted by atomic mass is 35.5. The van der Waals surface area contributed by atoms with E-state index >= 15 is 0 Å². The van der Waals surface area contributed by atoms with Crippen molar-refractivity contribution in [3.8, 4) is 0 Å². The summed E-state index contributed by atoms with van der Waals surface area (Å²) in [6, 6.07) is 13.9. The fourth-order valence-corrected chi connectivity index (χ4v) is 2.39. The Labute approximate surface area is 142 Å². The lowest BCUT2D eigenvalue weighted by atomic mass is 10.2. The van der Waals surface area contributed by atoms with Crippen LogP contribution in [0.25, 0.3) is 10.9 Å². The van der Waals surface area contributed by atoms with E-state index in [2.05, 4.69) is 15.5 Å². The SMILES string of the molecule is C[C@@H](OC(=O)c1n[nH]c2ccccc12)C(=O)Nc1cccc(Cl)c1. The molecule has 1 heterocycles. The largest absolute Gasteiger partial charge is 0.448 e. The molecule has 0 aliphatic carbocycles. The first kappa shape index (κ1) is 16.0. The smallest absolute Gasteiger partial charge is 0.360 e. The molecule has 3 aromatic rings. The maximum atomic E-state index is 12.2. The number of aromatic nitrogens is 2. The van der Waals surface area contributed by atoms with Gasteiger partial charge in [0.05, 0.1) is 5.52 Å². The molecule has 0 spiro atoms. The Hall–Kier alpha value is -2.86. The van der Waals surface area contributed by atoms with Crippen LogP contribution >= 0.6 is 11.6 Å². The molecule has 1 amide bonds. The summed E-state index contributed by atoms with van der Waals surface area (Å²) in [4.78, 5) is 24.4. The molecule has 122 valence electrons. The number of ether oxygens (including phenoxy) is 1. The Kier molecular flexibility index (Phi) is 4.48. The van der Waals surface area contributed by atoms with E-state index in [-0.39, 0.29) is 5.69 Å². The van der Waals surface area contributed by atoms with Gasteiger partial charge in [0.2, 0.25) is 0 Å². The number of benzene rings is 2. The fourth-order valence-electron chi connectivity index (χ4n) is 2.20. The number of fused-ring (bicyclic) bond motifs is 1. The number of hydrogen-bond donors (Lipinski definition) is 2. The van der Waals surface area contributed by atoms with Gasteiger partial charge in [-0.05, 0) is 31.2 Å². The summed E-state index contributed by atoms with van der Waals surface area (Å²) < 4.78 is 5.20. The summed E-state index contributed by atoms with van der Waals surface area (Å²) in [6.45, 7) is 1.49. The third-order valence-corrected chi connectivity index (χ3v) is 3.64. The molecule has 0 radical (unpaired) electrons. The first-order valence-electron chi connectivity index (χ1n) is 7.25. The summed E-state index contributed by atoms with van der Waals surface area (Å²) >= 11 is 5.87. The third kappa shape index (κ3) is 3.38. The maximum Gasteiger partial charge on any atom is 0.360 e. The van der Waals surface area contributed by atoms with Crippen LogP contribution in [0.4, 0.5) is 5.69 Å². The third-order valence-electron chi connectivity index (χ3n) is 3.41. The molecule has 1 atom stereocenters. The monoisotopic (exact) mass is 343 g/mol. The fraction of sp³-hybridized carbons (Fsp3) is 0.118. The van der Waals surface area contributed by atoms with E-state index in [1.165, 1.54) is 6.92 Å². The van der Waals surface area contributed by atoms with Crippen LogP contribution in [-0.4, -0.2) is 28.2 Å². The number of anilines is 1. The van der Waals surface area contributed by atoms with Gasteiger partial charge in [-0.3, -0.25) is 9.89 Å². The zero-order valence-electron chi connectivity index (χ0n) is 12.7. The number of hydrogen-bond acceptors (Lipinski definition) is 4. The lowest BCUT2D eigenvalue weighted by molar-refractivity contribution is -0.123. The molecular formula is C17H14ClN3O3. The maximum absolute atomic E-state index is 12.2. The molecule has 0 bridgehead atoms. The molecule has 24 heavy (non-hydrogen) atoms. The lowest BCUT2D eigenvalue weighted by Crippen LogP contribution is -2.30. The van der Waals surface area contributed by atoms with Gasteiger partial charge in [-0.2, -0.15) is 5.10 Å². The van der Waals surface area contributed by atoms with E-state index < -0.39 is 18.0 Å². The van der Waals surface area contributed by atoms with Crippen LogP contribution in [0.3, 0.4) is 0 Å². The molecule has 7 heteroatoms. The van der Waals surface area contributed by atoms with Crippen molar-refractivity contribution in [2.45, 2.75) is 13.0 Å². The predicted molar refractivity (Wildman–Crippen MR) is 91.1 cm³/mol. The van der Waals surface area contributed by atoms with Gasteiger partial charge < -0.3 is 10.1 Å². The Morgan fingerprint density at radius 3 is 2.79 bits per heavy atom. The van der Waals surface area contributed by atoms with Gasteiger partial charge in [0, 0.05) is 16.1 Å². The molecular weight excluding hydrogens is 330 g/mol. The minimum Gasteiger partial charge on any atom is -0.448 e. The second-order valence-corrected chi connectivity index (χ2v) is 5.60. The highest BCUT2D eigenvalue weighted by Gasteiger charge is 2.22. The number of esters is 1. The summed E-state index contributed by atoms with van der Waals surface area (Å²) in [6.07, 6.45) is -0.980. The number of carbonyl (C=O) groups excluding carboxylic acids is 2. The molecule has 0 saturated heterocycles. The number of nitrogens with one attached hydrogen (secondary N) is 2. The molecule has 1 aromatic heterocycles. The van der Waals surface area contributed by atoms with E-state index in [1.807, 2.05) is 6.07 Å². The van der Waals surface area contributed by atoms with Crippen LogP contribution in [0.5, 0.6) is 0 Å². The summed E-state index contributed by atoms with van der Waals surface area (Å²) in [5.41, 5.74) is 1.40. The van der Waals surface area contributed by atoms with Crippen LogP contribution in [0.15, 0.2) is 48.5 Å². The average Bonchev–Trinajstić information content (AvgIpc) is 2.99. The Balaban J connectivity index is 1.68. The Morgan fingerprint density at radius 1 is 1.21 bits per heavy atom. The number of aromatic amines is 1. The van der Waals surface area contributed by atoms with Crippen LogP contribution in [0.2, 0.25) is 5.02 Å². The Bertz CT molecular complexity index is 907. The molecule has 2 N–H and O–H groups in total. The number of carbonyl (C=O) groups is 2. The zero-order valence-corrected chi connectivity index (χ0v) is 13.5. The van der Waals surface area contributed by atoms with Crippen molar-refractivity contribution in [1.82, 2.24) is 10.2 Å². The number of para-hydroxylation sites is 1. The summed E-state index contributed by atoms with van der Waals surface area (Å²) in [5.74, 6) is -1.12. The van der Waals surface area contributed by atoms with Crippen LogP contribution in [0, 0.1) is 0 Å². The van der Waals surface area contributed by atoms with E-state index in [1.54, 1.807) is 42.5 Å². The van der Waals surface area contributed by atoms with Crippen LogP contribution in [0.1, 0.15) is 17.4 Å². The van der Waals surface area contributed by atoms with Gasteiger partial charge in [0.25, 0.3) is 5.91 Å². The topological polar surface area (TPSA) is 84.1 Å². The predicted octanol–water partition coefficient (Wildman–Crippen LogP) is 3.40. The molecule has 0 aliphatic rings. The van der Waals surface area contributed by atoms with E-state index in [0.717, 1.165) is 5.52 Å². The average molecular weight is 344 g/mol. The van der Waals surface area contributed by atoms with E-state index in [0.29, 0.717) is 16.1 Å². The molecule has 0 aliphatic heterocycles. The van der Waals surface area contributed by atoms with Gasteiger partial charge in [0.15, 0.2) is 11.8 Å². The quantitative estimate of drug-likeness (QED) is 0.711. The number of nitrogens with zero attached hydrogens (tertiary/aromatic N) is 1. The molecule has 2 aromatic carbocycles. The molecule has 0 fully saturated rings. The van der Waals surface area contributed by atoms with Gasteiger partial charge in [-0.1, -0.05) is 35.9 Å². The summed E-state index contributed by atoms with van der Waals surface area (Å²) in [5, 5.41) is 10.5. The Morgan fingerprint density at radius 2 is 2.00 bits per heavy atom. The van der Waals surface area contributed by atoms with E-state index in [9.17, 15) is 9.59 Å².